The fourth-order valence-corrected chi connectivity index (χ4v) is 2.59. The average molecular weight is 322 g/mol. The quantitative estimate of drug-likeness (QED) is 0.891. The van der Waals surface area contributed by atoms with Crippen molar-refractivity contribution >= 4 is 21.4 Å². The number of anilines is 1. The Morgan fingerprint density at radius 3 is 2.68 bits per heavy atom. The molecule has 1 aromatic heterocycles. The summed E-state index contributed by atoms with van der Waals surface area (Å²) in [6.45, 7) is 1.87. The first kappa shape index (κ1) is 16.2. The Hall–Kier alpha value is -2.22. The van der Waals surface area contributed by atoms with E-state index >= 15 is 0 Å². The predicted octanol–water partition coefficient (Wildman–Crippen LogP) is 1.16. The maximum atomic E-state index is 11.9. The first-order valence-corrected chi connectivity index (χ1v) is 8.75. The number of nitrogens with one attached hydrogen (secondary N) is 1. The first-order chi connectivity index (χ1) is 10.3. The summed E-state index contributed by atoms with van der Waals surface area (Å²) < 4.78 is 24.0. The van der Waals surface area contributed by atoms with Crippen molar-refractivity contribution in [2.45, 2.75) is 13.3 Å². The third-order valence-electron chi connectivity index (χ3n) is 3.26. The van der Waals surface area contributed by atoms with Crippen molar-refractivity contribution in [3.63, 3.8) is 0 Å². The van der Waals surface area contributed by atoms with E-state index in [1.807, 2.05) is 26.1 Å². The average Bonchev–Trinajstić information content (AvgIpc) is 2.84. The van der Waals surface area contributed by atoms with Gasteiger partial charge in [-0.05, 0) is 18.6 Å². The number of benzene rings is 1. The van der Waals surface area contributed by atoms with Crippen LogP contribution in [0.25, 0.3) is 11.4 Å². The van der Waals surface area contributed by atoms with Crippen LogP contribution in [-0.2, 0) is 21.7 Å². The van der Waals surface area contributed by atoms with Crippen LogP contribution < -0.4 is 5.32 Å². The second kappa shape index (κ2) is 6.27. The van der Waals surface area contributed by atoms with Crippen molar-refractivity contribution in [3.05, 3.63) is 30.1 Å². The summed E-state index contributed by atoms with van der Waals surface area (Å²) in [4.78, 5) is 11.9. The molecule has 0 saturated heterocycles. The standard InChI is InChI=1S/C14H18N4O3S/c1-10-11(14-17-15-9-18(14)2)5-4-6-12(10)16-13(19)7-8-22(3,20)21/h4-6,9H,7-8H2,1-3H3,(H,16,19). The van der Waals surface area contributed by atoms with Gasteiger partial charge in [0.2, 0.25) is 5.91 Å². The number of amides is 1. The van der Waals surface area contributed by atoms with Crippen LogP contribution in [-0.4, -0.2) is 41.1 Å². The summed E-state index contributed by atoms with van der Waals surface area (Å²) in [6.07, 6.45) is 2.65. The van der Waals surface area contributed by atoms with Gasteiger partial charge in [0, 0.05) is 31.0 Å². The Morgan fingerprint density at radius 2 is 2.09 bits per heavy atom. The number of nitrogens with zero attached hydrogens (tertiary/aromatic N) is 3. The lowest BCUT2D eigenvalue weighted by Gasteiger charge is -2.12. The van der Waals surface area contributed by atoms with E-state index in [0.717, 1.165) is 17.4 Å². The van der Waals surface area contributed by atoms with E-state index in [1.165, 1.54) is 0 Å². The van der Waals surface area contributed by atoms with Crippen LogP contribution in [0.2, 0.25) is 0 Å². The van der Waals surface area contributed by atoms with Crippen molar-refractivity contribution in [2.75, 3.05) is 17.3 Å². The van der Waals surface area contributed by atoms with Gasteiger partial charge in [0.05, 0.1) is 5.75 Å². The van der Waals surface area contributed by atoms with E-state index in [-0.39, 0.29) is 18.1 Å². The zero-order chi connectivity index (χ0) is 16.3. The van der Waals surface area contributed by atoms with E-state index < -0.39 is 9.84 Å². The third kappa shape index (κ3) is 3.91. The Labute approximate surface area is 129 Å². The van der Waals surface area contributed by atoms with Crippen molar-refractivity contribution in [1.82, 2.24) is 14.8 Å². The van der Waals surface area contributed by atoms with Gasteiger partial charge in [-0.25, -0.2) is 8.42 Å². The number of aromatic nitrogens is 3. The predicted molar refractivity (Wildman–Crippen MR) is 84.1 cm³/mol. The van der Waals surface area contributed by atoms with E-state index in [9.17, 15) is 13.2 Å². The van der Waals surface area contributed by atoms with Crippen LogP contribution in [0.1, 0.15) is 12.0 Å². The summed E-state index contributed by atoms with van der Waals surface area (Å²) in [6, 6.07) is 5.47. The van der Waals surface area contributed by atoms with Crippen molar-refractivity contribution < 1.29 is 13.2 Å². The molecule has 0 fully saturated rings. The maximum absolute atomic E-state index is 11.9. The number of sulfone groups is 1. The highest BCUT2D eigenvalue weighted by molar-refractivity contribution is 7.90. The third-order valence-corrected chi connectivity index (χ3v) is 4.21. The van der Waals surface area contributed by atoms with Crippen molar-refractivity contribution in [2.24, 2.45) is 7.05 Å². The van der Waals surface area contributed by atoms with Crippen LogP contribution in [0.5, 0.6) is 0 Å². The number of hydrogen-bond donors (Lipinski definition) is 1. The molecule has 1 N–H and O–H groups in total. The molecule has 0 saturated carbocycles. The van der Waals surface area contributed by atoms with Crippen molar-refractivity contribution in [1.29, 1.82) is 0 Å². The van der Waals surface area contributed by atoms with E-state index in [2.05, 4.69) is 15.5 Å². The zero-order valence-corrected chi connectivity index (χ0v) is 13.5. The molecule has 0 unspecified atom stereocenters. The number of carbonyl (C=O) groups is 1. The Balaban J connectivity index is 2.20. The minimum Gasteiger partial charge on any atom is -0.326 e. The molecular weight excluding hydrogens is 304 g/mol. The van der Waals surface area contributed by atoms with Crippen LogP contribution in [0.3, 0.4) is 0 Å². The SMILES string of the molecule is Cc1c(NC(=O)CCS(C)(=O)=O)cccc1-c1nncn1C. The van der Waals surface area contributed by atoms with Gasteiger partial charge >= 0.3 is 0 Å². The molecule has 0 aliphatic heterocycles. The Kier molecular flexibility index (Phi) is 4.60. The smallest absolute Gasteiger partial charge is 0.225 e. The molecule has 2 rings (SSSR count). The molecule has 1 aromatic carbocycles. The van der Waals surface area contributed by atoms with Gasteiger partial charge in [-0.2, -0.15) is 0 Å². The molecule has 22 heavy (non-hydrogen) atoms. The maximum Gasteiger partial charge on any atom is 0.225 e. The van der Waals surface area contributed by atoms with Gasteiger partial charge in [0.15, 0.2) is 5.82 Å². The molecule has 0 radical (unpaired) electrons. The zero-order valence-electron chi connectivity index (χ0n) is 12.7. The highest BCUT2D eigenvalue weighted by Crippen LogP contribution is 2.26. The van der Waals surface area contributed by atoms with Gasteiger partial charge in [-0.3, -0.25) is 4.79 Å². The normalized spacial score (nSPS) is 11.4. The van der Waals surface area contributed by atoms with Gasteiger partial charge in [-0.15, -0.1) is 10.2 Å². The highest BCUT2D eigenvalue weighted by Gasteiger charge is 2.13. The molecule has 0 bridgehead atoms. The van der Waals surface area contributed by atoms with Gasteiger partial charge < -0.3 is 9.88 Å². The lowest BCUT2D eigenvalue weighted by Crippen LogP contribution is -2.17. The van der Waals surface area contributed by atoms with Crippen molar-refractivity contribution in [3.8, 4) is 11.4 Å². The Bertz CT molecular complexity index is 796. The van der Waals surface area contributed by atoms with E-state index in [0.29, 0.717) is 11.5 Å². The van der Waals surface area contributed by atoms with Gasteiger partial charge in [0.25, 0.3) is 0 Å². The highest BCUT2D eigenvalue weighted by atomic mass is 32.2. The summed E-state index contributed by atoms with van der Waals surface area (Å²) in [5.41, 5.74) is 2.35. The fourth-order valence-electron chi connectivity index (χ4n) is 2.03. The summed E-state index contributed by atoms with van der Waals surface area (Å²) in [5.74, 6) is 0.203. The largest absolute Gasteiger partial charge is 0.326 e. The van der Waals surface area contributed by atoms with Gasteiger partial charge in [-0.1, -0.05) is 12.1 Å². The number of rotatable bonds is 5. The molecule has 8 heteroatoms. The van der Waals surface area contributed by atoms with E-state index in [4.69, 9.17) is 0 Å². The van der Waals surface area contributed by atoms with Crippen LogP contribution in [0, 0.1) is 6.92 Å². The fraction of sp³-hybridized carbons (Fsp3) is 0.357. The molecule has 7 nitrogen and oxygen atoms in total. The van der Waals surface area contributed by atoms with Crippen LogP contribution in [0.4, 0.5) is 5.69 Å². The number of carbonyl (C=O) groups excluding carboxylic acids is 1. The molecule has 0 spiro atoms. The van der Waals surface area contributed by atoms with E-state index in [1.54, 1.807) is 17.0 Å². The second-order valence-electron chi connectivity index (χ2n) is 5.17. The molecule has 0 aliphatic rings. The van der Waals surface area contributed by atoms with Crippen LogP contribution >= 0.6 is 0 Å². The molecule has 1 heterocycles. The molecule has 0 atom stereocenters. The first-order valence-electron chi connectivity index (χ1n) is 6.69. The minimum atomic E-state index is -3.15. The molecule has 2 aromatic rings. The summed E-state index contributed by atoms with van der Waals surface area (Å²) in [7, 11) is -1.31. The number of aryl methyl sites for hydroxylation is 1. The monoisotopic (exact) mass is 322 g/mol. The second-order valence-corrected chi connectivity index (χ2v) is 7.43. The molecule has 0 aliphatic carbocycles. The lowest BCUT2D eigenvalue weighted by atomic mass is 10.1. The summed E-state index contributed by atoms with van der Waals surface area (Å²) >= 11 is 0. The molecular formula is C14H18N4O3S. The minimum absolute atomic E-state index is 0.0630. The molecule has 118 valence electrons. The molecule has 1 amide bonds. The van der Waals surface area contributed by atoms with Crippen LogP contribution in [0.15, 0.2) is 24.5 Å². The Morgan fingerprint density at radius 1 is 1.36 bits per heavy atom. The summed E-state index contributed by atoms with van der Waals surface area (Å²) in [5, 5.41) is 10.6. The topological polar surface area (TPSA) is 93.9 Å². The lowest BCUT2D eigenvalue weighted by molar-refractivity contribution is -0.115. The number of hydrogen-bond acceptors (Lipinski definition) is 5. The van der Waals surface area contributed by atoms with Gasteiger partial charge in [0.1, 0.15) is 16.2 Å².